The molecular formula is C15H22O3. The zero-order valence-electron chi connectivity index (χ0n) is 11.7. The Morgan fingerprint density at radius 1 is 1.22 bits per heavy atom. The number of hydrogen-bond acceptors (Lipinski definition) is 3. The first-order valence-electron chi connectivity index (χ1n) is 6.29. The van der Waals surface area contributed by atoms with E-state index in [1.165, 1.54) is 5.56 Å². The fourth-order valence-electron chi connectivity index (χ4n) is 1.68. The topological polar surface area (TPSA) is 35.5 Å². The van der Waals surface area contributed by atoms with Gasteiger partial charge in [0.2, 0.25) is 0 Å². The van der Waals surface area contributed by atoms with E-state index in [0.29, 0.717) is 6.61 Å². The Kier molecular flexibility index (Phi) is 5.20. The van der Waals surface area contributed by atoms with Gasteiger partial charge in [0, 0.05) is 0 Å². The number of ether oxygens (including phenoxy) is 2. The predicted molar refractivity (Wildman–Crippen MR) is 71.7 cm³/mol. The van der Waals surface area contributed by atoms with Crippen molar-refractivity contribution in [2.45, 2.75) is 33.6 Å². The second-order valence-electron chi connectivity index (χ2n) is 4.95. The molecule has 0 saturated carbocycles. The third-order valence-electron chi connectivity index (χ3n) is 3.03. The van der Waals surface area contributed by atoms with Crippen molar-refractivity contribution in [3.63, 3.8) is 0 Å². The molecule has 0 amide bonds. The Hall–Kier alpha value is -1.51. The smallest absolute Gasteiger partial charge is 0.311 e. The van der Waals surface area contributed by atoms with Crippen LogP contribution in [0.4, 0.5) is 0 Å². The highest BCUT2D eigenvalue weighted by Gasteiger charge is 2.28. The molecule has 1 rings (SSSR count). The summed E-state index contributed by atoms with van der Waals surface area (Å²) in [6.45, 7) is 6.12. The molecule has 0 radical (unpaired) electrons. The van der Waals surface area contributed by atoms with Crippen LogP contribution in [0.2, 0.25) is 0 Å². The summed E-state index contributed by atoms with van der Waals surface area (Å²) in [5.74, 6) is 0.724. The minimum atomic E-state index is -0.435. The van der Waals surface area contributed by atoms with Crippen LogP contribution in [0.15, 0.2) is 24.3 Å². The molecule has 1 aromatic rings. The first kappa shape index (κ1) is 14.6. The van der Waals surface area contributed by atoms with E-state index in [2.05, 4.69) is 0 Å². The van der Waals surface area contributed by atoms with E-state index in [1.807, 2.05) is 45.0 Å². The average molecular weight is 250 g/mol. The summed E-state index contributed by atoms with van der Waals surface area (Å²) in [5, 5.41) is 0. The normalized spacial score (nSPS) is 11.1. The van der Waals surface area contributed by atoms with Crippen LogP contribution in [0.25, 0.3) is 0 Å². The second-order valence-corrected chi connectivity index (χ2v) is 4.95. The van der Waals surface area contributed by atoms with Crippen molar-refractivity contribution in [3.05, 3.63) is 29.8 Å². The molecule has 0 aliphatic rings. The number of carbonyl (C=O) groups is 1. The standard InChI is InChI=1S/C15H22O3/c1-5-18-14(16)15(2,3)11-10-12-6-8-13(17-4)9-7-12/h6-9H,5,10-11H2,1-4H3. The van der Waals surface area contributed by atoms with Crippen LogP contribution < -0.4 is 4.74 Å². The number of methoxy groups -OCH3 is 1. The third-order valence-corrected chi connectivity index (χ3v) is 3.03. The average Bonchev–Trinajstić information content (AvgIpc) is 2.37. The molecule has 0 aromatic heterocycles. The summed E-state index contributed by atoms with van der Waals surface area (Å²) in [6, 6.07) is 7.93. The zero-order chi connectivity index (χ0) is 13.6. The maximum atomic E-state index is 11.7. The van der Waals surface area contributed by atoms with E-state index in [4.69, 9.17) is 9.47 Å². The Balaban J connectivity index is 2.55. The first-order chi connectivity index (χ1) is 8.49. The van der Waals surface area contributed by atoms with E-state index < -0.39 is 5.41 Å². The fourth-order valence-corrected chi connectivity index (χ4v) is 1.68. The van der Waals surface area contributed by atoms with Gasteiger partial charge in [0.1, 0.15) is 5.75 Å². The van der Waals surface area contributed by atoms with Gasteiger partial charge in [-0.25, -0.2) is 0 Å². The lowest BCUT2D eigenvalue weighted by Gasteiger charge is -2.22. The minimum Gasteiger partial charge on any atom is -0.497 e. The number of aryl methyl sites for hydroxylation is 1. The predicted octanol–water partition coefficient (Wildman–Crippen LogP) is 3.22. The highest BCUT2D eigenvalue weighted by atomic mass is 16.5. The van der Waals surface area contributed by atoms with Crippen molar-refractivity contribution >= 4 is 5.97 Å². The quantitative estimate of drug-likeness (QED) is 0.727. The molecular weight excluding hydrogens is 228 g/mol. The van der Waals surface area contributed by atoms with E-state index in [-0.39, 0.29) is 5.97 Å². The molecule has 100 valence electrons. The van der Waals surface area contributed by atoms with Crippen LogP contribution in [-0.4, -0.2) is 19.7 Å². The van der Waals surface area contributed by atoms with Crippen LogP contribution in [0.1, 0.15) is 32.8 Å². The molecule has 0 aliphatic carbocycles. The summed E-state index contributed by atoms with van der Waals surface area (Å²) in [7, 11) is 1.65. The molecule has 0 heterocycles. The lowest BCUT2D eigenvalue weighted by molar-refractivity contribution is -0.153. The van der Waals surface area contributed by atoms with E-state index in [9.17, 15) is 4.79 Å². The summed E-state index contributed by atoms with van der Waals surface area (Å²) >= 11 is 0. The maximum Gasteiger partial charge on any atom is 0.311 e. The molecule has 0 fully saturated rings. The molecule has 0 N–H and O–H groups in total. The van der Waals surface area contributed by atoms with Crippen LogP contribution in [0, 0.1) is 5.41 Å². The van der Waals surface area contributed by atoms with Gasteiger partial charge in [0.05, 0.1) is 19.1 Å². The summed E-state index contributed by atoms with van der Waals surface area (Å²) in [5.41, 5.74) is 0.767. The molecule has 0 saturated heterocycles. The monoisotopic (exact) mass is 250 g/mol. The highest BCUT2D eigenvalue weighted by Crippen LogP contribution is 2.25. The molecule has 0 bridgehead atoms. The van der Waals surface area contributed by atoms with Crippen molar-refractivity contribution in [1.29, 1.82) is 0 Å². The third kappa shape index (κ3) is 4.06. The summed E-state index contributed by atoms with van der Waals surface area (Å²) in [4.78, 5) is 11.7. The van der Waals surface area contributed by atoms with Crippen molar-refractivity contribution in [2.24, 2.45) is 5.41 Å². The summed E-state index contributed by atoms with van der Waals surface area (Å²) < 4.78 is 10.2. The molecule has 3 heteroatoms. The Morgan fingerprint density at radius 3 is 2.33 bits per heavy atom. The van der Waals surface area contributed by atoms with Crippen LogP contribution >= 0.6 is 0 Å². The Morgan fingerprint density at radius 2 is 1.83 bits per heavy atom. The van der Waals surface area contributed by atoms with E-state index >= 15 is 0 Å². The highest BCUT2D eigenvalue weighted by molar-refractivity contribution is 5.75. The molecule has 0 unspecified atom stereocenters. The number of esters is 1. The second kappa shape index (κ2) is 6.43. The van der Waals surface area contributed by atoms with Gasteiger partial charge in [-0.1, -0.05) is 12.1 Å². The Bertz CT molecular complexity index is 379. The van der Waals surface area contributed by atoms with Gasteiger partial charge >= 0.3 is 5.97 Å². The minimum absolute atomic E-state index is 0.126. The SMILES string of the molecule is CCOC(=O)C(C)(C)CCc1ccc(OC)cc1. The van der Waals surface area contributed by atoms with Crippen molar-refractivity contribution in [1.82, 2.24) is 0 Å². The van der Waals surface area contributed by atoms with Gasteiger partial charge in [-0.05, 0) is 51.3 Å². The van der Waals surface area contributed by atoms with Gasteiger partial charge in [-0.3, -0.25) is 4.79 Å². The number of rotatable bonds is 6. The molecule has 18 heavy (non-hydrogen) atoms. The Labute approximate surface area is 109 Å². The van der Waals surface area contributed by atoms with Crippen molar-refractivity contribution < 1.29 is 14.3 Å². The molecule has 1 aromatic carbocycles. The van der Waals surface area contributed by atoms with Crippen molar-refractivity contribution in [2.75, 3.05) is 13.7 Å². The number of carbonyl (C=O) groups excluding carboxylic acids is 1. The van der Waals surface area contributed by atoms with E-state index in [1.54, 1.807) is 7.11 Å². The lowest BCUT2D eigenvalue weighted by Crippen LogP contribution is -2.27. The van der Waals surface area contributed by atoms with Gasteiger partial charge in [0.15, 0.2) is 0 Å². The molecule has 3 nitrogen and oxygen atoms in total. The maximum absolute atomic E-state index is 11.7. The van der Waals surface area contributed by atoms with E-state index in [0.717, 1.165) is 18.6 Å². The first-order valence-corrected chi connectivity index (χ1v) is 6.29. The molecule has 0 aliphatic heterocycles. The van der Waals surface area contributed by atoms with Gasteiger partial charge in [0.25, 0.3) is 0 Å². The lowest BCUT2D eigenvalue weighted by atomic mass is 9.86. The summed E-state index contributed by atoms with van der Waals surface area (Å²) in [6.07, 6.45) is 1.63. The largest absolute Gasteiger partial charge is 0.497 e. The zero-order valence-corrected chi connectivity index (χ0v) is 11.7. The van der Waals surface area contributed by atoms with Gasteiger partial charge in [-0.15, -0.1) is 0 Å². The molecule has 0 spiro atoms. The van der Waals surface area contributed by atoms with Crippen LogP contribution in [0.3, 0.4) is 0 Å². The molecule has 0 atom stereocenters. The number of benzene rings is 1. The van der Waals surface area contributed by atoms with Crippen molar-refractivity contribution in [3.8, 4) is 5.75 Å². The van der Waals surface area contributed by atoms with Gasteiger partial charge < -0.3 is 9.47 Å². The van der Waals surface area contributed by atoms with Crippen LogP contribution in [-0.2, 0) is 16.0 Å². The number of hydrogen-bond donors (Lipinski definition) is 0. The fraction of sp³-hybridized carbons (Fsp3) is 0.533. The van der Waals surface area contributed by atoms with Crippen LogP contribution in [0.5, 0.6) is 5.75 Å². The van der Waals surface area contributed by atoms with Gasteiger partial charge in [-0.2, -0.15) is 0 Å².